The molecule has 0 saturated carbocycles. The number of halogens is 1. The van der Waals surface area contributed by atoms with Gasteiger partial charge in [0.2, 0.25) is 0 Å². The van der Waals surface area contributed by atoms with Crippen LogP contribution in [0.2, 0.25) is 0 Å². The normalized spacial score (nSPS) is 10.4. The van der Waals surface area contributed by atoms with E-state index in [1.54, 1.807) is 12.1 Å². The van der Waals surface area contributed by atoms with E-state index in [1.165, 1.54) is 12.1 Å². The molecule has 1 heterocycles. The number of hydrogen-bond acceptors (Lipinski definition) is 1. The van der Waals surface area contributed by atoms with Crippen LogP contribution >= 0.6 is 0 Å². The molecule has 0 atom stereocenters. The number of rotatable bonds is 2. The fraction of sp³-hybridized carbons (Fsp3) is 0. The predicted octanol–water partition coefficient (Wildman–Crippen LogP) is 4.55. The zero-order valence-electron chi connectivity index (χ0n) is 10.3. The Hall–Kier alpha value is -2.48. The largest absolute Gasteiger partial charge is 0.256 e. The van der Waals surface area contributed by atoms with E-state index in [2.05, 4.69) is 4.98 Å². The van der Waals surface area contributed by atoms with E-state index in [1.807, 2.05) is 48.7 Å². The van der Waals surface area contributed by atoms with Crippen LogP contribution in [0.25, 0.3) is 22.4 Å². The van der Waals surface area contributed by atoms with Crippen LogP contribution in [0.15, 0.2) is 72.9 Å². The second kappa shape index (κ2) is 5.02. The average molecular weight is 249 g/mol. The molecule has 19 heavy (non-hydrogen) atoms. The average Bonchev–Trinajstić information content (AvgIpc) is 2.49. The Morgan fingerprint density at radius 1 is 0.632 bits per heavy atom. The van der Waals surface area contributed by atoms with Gasteiger partial charge in [-0.3, -0.25) is 4.98 Å². The lowest BCUT2D eigenvalue weighted by Crippen LogP contribution is -1.85. The van der Waals surface area contributed by atoms with E-state index in [0.717, 1.165) is 22.4 Å². The van der Waals surface area contributed by atoms with Crippen molar-refractivity contribution in [3.8, 4) is 22.4 Å². The van der Waals surface area contributed by atoms with Gasteiger partial charge in [0, 0.05) is 17.3 Å². The fourth-order valence-electron chi connectivity index (χ4n) is 1.99. The van der Waals surface area contributed by atoms with Gasteiger partial charge in [0.15, 0.2) is 0 Å². The minimum Gasteiger partial charge on any atom is -0.256 e. The summed E-state index contributed by atoms with van der Waals surface area (Å²) in [7, 11) is 0. The topological polar surface area (TPSA) is 12.9 Å². The SMILES string of the molecule is Fc1ccc(-c2ccc(-c3ccccc3)nc2)cc1. The third-order valence-electron chi connectivity index (χ3n) is 3.01. The van der Waals surface area contributed by atoms with Gasteiger partial charge in [-0.25, -0.2) is 4.39 Å². The first-order valence-corrected chi connectivity index (χ1v) is 6.10. The summed E-state index contributed by atoms with van der Waals surface area (Å²) in [6.45, 7) is 0. The predicted molar refractivity (Wildman–Crippen MR) is 75.1 cm³/mol. The summed E-state index contributed by atoms with van der Waals surface area (Å²) in [5, 5.41) is 0. The minimum absolute atomic E-state index is 0.224. The second-order valence-corrected chi connectivity index (χ2v) is 4.31. The third kappa shape index (κ3) is 2.52. The molecular formula is C17H12FN. The summed E-state index contributed by atoms with van der Waals surface area (Å²) < 4.78 is 12.9. The highest BCUT2D eigenvalue weighted by Crippen LogP contribution is 2.22. The molecule has 92 valence electrons. The number of aromatic nitrogens is 1. The number of hydrogen-bond donors (Lipinski definition) is 0. The Morgan fingerprint density at radius 3 is 1.95 bits per heavy atom. The van der Waals surface area contributed by atoms with Crippen molar-refractivity contribution in [2.24, 2.45) is 0 Å². The van der Waals surface area contributed by atoms with Gasteiger partial charge in [-0.15, -0.1) is 0 Å². The molecule has 0 amide bonds. The molecular weight excluding hydrogens is 237 g/mol. The van der Waals surface area contributed by atoms with Crippen molar-refractivity contribution < 1.29 is 4.39 Å². The van der Waals surface area contributed by atoms with Crippen LogP contribution in [0.5, 0.6) is 0 Å². The van der Waals surface area contributed by atoms with Crippen molar-refractivity contribution in [2.75, 3.05) is 0 Å². The molecule has 0 aliphatic heterocycles. The Balaban J connectivity index is 1.93. The smallest absolute Gasteiger partial charge is 0.123 e. The van der Waals surface area contributed by atoms with Gasteiger partial charge in [-0.05, 0) is 23.8 Å². The van der Waals surface area contributed by atoms with Crippen LogP contribution < -0.4 is 0 Å². The van der Waals surface area contributed by atoms with Gasteiger partial charge in [0.25, 0.3) is 0 Å². The van der Waals surface area contributed by atoms with E-state index in [0.29, 0.717) is 0 Å². The van der Waals surface area contributed by atoms with Crippen molar-refractivity contribution in [2.45, 2.75) is 0 Å². The number of pyridine rings is 1. The zero-order chi connectivity index (χ0) is 13.1. The first kappa shape index (κ1) is 11.6. The molecule has 0 aliphatic rings. The van der Waals surface area contributed by atoms with Crippen LogP contribution in [-0.2, 0) is 0 Å². The van der Waals surface area contributed by atoms with E-state index >= 15 is 0 Å². The summed E-state index contributed by atoms with van der Waals surface area (Å²) in [6, 6.07) is 20.4. The molecule has 2 heteroatoms. The number of nitrogens with zero attached hydrogens (tertiary/aromatic N) is 1. The maximum absolute atomic E-state index is 12.9. The van der Waals surface area contributed by atoms with Gasteiger partial charge in [0.1, 0.15) is 5.82 Å². The summed E-state index contributed by atoms with van der Waals surface area (Å²) in [5.74, 6) is -0.224. The molecule has 0 unspecified atom stereocenters. The standard InChI is InChI=1S/C17H12FN/c18-16-9-6-13(7-10-16)15-8-11-17(19-12-15)14-4-2-1-3-5-14/h1-12H. The van der Waals surface area contributed by atoms with Crippen LogP contribution in [0, 0.1) is 5.82 Å². The molecule has 0 bridgehead atoms. The molecule has 0 aliphatic carbocycles. The lowest BCUT2D eigenvalue weighted by atomic mass is 10.1. The molecule has 3 rings (SSSR count). The number of benzene rings is 2. The molecule has 0 N–H and O–H groups in total. The first-order valence-electron chi connectivity index (χ1n) is 6.10. The van der Waals surface area contributed by atoms with E-state index in [-0.39, 0.29) is 5.82 Å². The highest BCUT2D eigenvalue weighted by Gasteiger charge is 2.01. The maximum Gasteiger partial charge on any atom is 0.123 e. The first-order chi connectivity index (χ1) is 9.33. The van der Waals surface area contributed by atoms with Gasteiger partial charge in [-0.1, -0.05) is 48.5 Å². The van der Waals surface area contributed by atoms with Crippen molar-refractivity contribution in [1.82, 2.24) is 4.98 Å². The molecule has 3 aromatic rings. The van der Waals surface area contributed by atoms with E-state index < -0.39 is 0 Å². The molecule has 1 nitrogen and oxygen atoms in total. The van der Waals surface area contributed by atoms with Gasteiger partial charge < -0.3 is 0 Å². The maximum atomic E-state index is 12.9. The zero-order valence-corrected chi connectivity index (χ0v) is 10.3. The van der Waals surface area contributed by atoms with Crippen LogP contribution in [-0.4, -0.2) is 4.98 Å². The van der Waals surface area contributed by atoms with Gasteiger partial charge in [0.05, 0.1) is 5.69 Å². The van der Waals surface area contributed by atoms with Crippen LogP contribution in [0.1, 0.15) is 0 Å². The van der Waals surface area contributed by atoms with Crippen LogP contribution in [0.4, 0.5) is 4.39 Å². The van der Waals surface area contributed by atoms with Crippen LogP contribution in [0.3, 0.4) is 0 Å². The molecule has 2 aromatic carbocycles. The third-order valence-corrected chi connectivity index (χ3v) is 3.01. The van der Waals surface area contributed by atoms with Crippen molar-refractivity contribution >= 4 is 0 Å². The highest BCUT2D eigenvalue weighted by molar-refractivity contribution is 5.66. The van der Waals surface area contributed by atoms with E-state index in [9.17, 15) is 4.39 Å². The quantitative estimate of drug-likeness (QED) is 0.649. The van der Waals surface area contributed by atoms with Crippen molar-refractivity contribution in [3.63, 3.8) is 0 Å². The van der Waals surface area contributed by atoms with Gasteiger partial charge >= 0.3 is 0 Å². The van der Waals surface area contributed by atoms with Crippen molar-refractivity contribution in [1.29, 1.82) is 0 Å². The molecule has 0 fully saturated rings. The Kier molecular flexibility index (Phi) is 3.07. The summed E-state index contributed by atoms with van der Waals surface area (Å²) in [5.41, 5.74) is 3.98. The minimum atomic E-state index is -0.224. The fourth-order valence-corrected chi connectivity index (χ4v) is 1.99. The molecule has 0 radical (unpaired) electrons. The molecule has 0 spiro atoms. The monoisotopic (exact) mass is 249 g/mol. The summed E-state index contributed by atoms with van der Waals surface area (Å²) in [4.78, 5) is 4.45. The Bertz CT molecular complexity index is 658. The van der Waals surface area contributed by atoms with Crippen molar-refractivity contribution in [3.05, 3.63) is 78.7 Å². The van der Waals surface area contributed by atoms with Gasteiger partial charge in [-0.2, -0.15) is 0 Å². The van der Waals surface area contributed by atoms with E-state index in [4.69, 9.17) is 0 Å². The molecule has 0 saturated heterocycles. The highest BCUT2D eigenvalue weighted by atomic mass is 19.1. The Morgan fingerprint density at radius 2 is 1.32 bits per heavy atom. The lowest BCUT2D eigenvalue weighted by Gasteiger charge is -2.04. The lowest BCUT2D eigenvalue weighted by molar-refractivity contribution is 0.628. The molecule has 1 aromatic heterocycles. The second-order valence-electron chi connectivity index (χ2n) is 4.31. The summed E-state index contributed by atoms with van der Waals surface area (Å²) in [6.07, 6.45) is 1.82. The Labute approximate surface area is 111 Å². The summed E-state index contributed by atoms with van der Waals surface area (Å²) >= 11 is 0.